The predicted molar refractivity (Wildman–Crippen MR) is 137 cm³/mol. The Kier molecular flexibility index (Phi) is 5.50. The molecule has 1 N–H and O–H groups in total. The minimum Gasteiger partial charge on any atom is -0.378 e. The monoisotopic (exact) mass is 501 g/mol. The first-order valence-corrected chi connectivity index (χ1v) is 13.0. The van der Waals surface area contributed by atoms with E-state index in [4.69, 9.17) is 4.74 Å². The smallest absolute Gasteiger partial charge is 0.287 e. The van der Waals surface area contributed by atoms with Crippen molar-refractivity contribution in [3.63, 3.8) is 0 Å². The maximum absolute atomic E-state index is 13.6. The van der Waals surface area contributed by atoms with Gasteiger partial charge in [0.05, 0.1) is 30.3 Å². The molecule has 0 bridgehead atoms. The highest BCUT2D eigenvalue weighted by molar-refractivity contribution is 7.90. The van der Waals surface area contributed by atoms with Crippen LogP contribution in [-0.4, -0.2) is 58.9 Å². The Balaban J connectivity index is 1.34. The fourth-order valence-corrected chi connectivity index (χ4v) is 5.83. The molecule has 6 rings (SSSR count). The Morgan fingerprint density at radius 3 is 2.64 bits per heavy atom. The number of benzene rings is 2. The van der Waals surface area contributed by atoms with Gasteiger partial charge < -0.3 is 15.0 Å². The fraction of sp³-hybridized carbons (Fsp3) is 0.200. The van der Waals surface area contributed by atoms with E-state index in [0.29, 0.717) is 10.9 Å². The van der Waals surface area contributed by atoms with Crippen LogP contribution in [0, 0.1) is 6.92 Å². The lowest BCUT2D eigenvalue weighted by atomic mass is 10.1. The number of hydrogen-bond donors (Lipinski definition) is 1. The molecule has 0 aliphatic carbocycles. The molecule has 1 aliphatic heterocycles. The molecule has 2 aromatic carbocycles. The van der Waals surface area contributed by atoms with Crippen LogP contribution in [0.3, 0.4) is 0 Å². The summed E-state index contributed by atoms with van der Waals surface area (Å²) in [5.41, 5.74) is 3.64. The number of anilines is 3. The zero-order chi connectivity index (χ0) is 24.7. The molecule has 1 fully saturated rings. The summed E-state index contributed by atoms with van der Waals surface area (Å²) in [6.45, 7) is 5.22. The average Bonchev–Trinajstić information content (AvgIpc) is 3.33. The van der Waals surface area contributed by atoms with Crippen LogP contribution in [0.15, 0.2) is 72.0 Å². The van der Waals surface area contributed by atoms with E-state index in [2.05, 4.69) is 43.3 Å². The largest absolute Gasteiger partial charge is 0.378 e. The van der Waals surface area contributed by atoms with Crippen LogP contribution < -0.4 is 10.2 Å². The van der Waals surface area contributed by atoms with Crippen molar-refractivity contribution in [2.24, 2.45) is 0 Å². The number of rotatable bonds is 5. The second-order valence-corrected chi connectivity index (χ2v) is 10.3. The molecule has 0 atom stereocenters. The van der Waals surface area contributed by atoms with E-state index < -0.39 is 10.0 Å². The highest BCUT2D eigenvalue weighted by Gasteiger charge is 2.24. The van der Waals surface area contributed by atoms with Gasteiger partial charge in [0.25, 0.3) is 10.0 Å². The van der Waals surface area contributed by atoms with Crippen molar-refractivity contribution in [2.45, 2.75) is 11.8 Å². The van der Waals surface area contributed by atoms with Crippen molar-refractivity contribution in [2.75, 3.05) is 36.5 Å². The number of nitrogens with zero attached hydrogens (tertiary/aromatic N) is 6. The Morgan fingerprint density at radius 1 is 0.972 bits per heavy atom. The summed E-state index contributed by atoms with van der Waals surface area (Å²) in [6.07, 6.45) is 4.57. The molecule has 4 heterocycles. The van der Waals surface area contributed by atoms with Crippen molar-refractivity contribution in [3.8, 4) is 0 Å². The van der Waals surface area contributed by atoms with Gasteiger partial charge in [-0.3, -0.25) is 4.98 Å². The van der Waals surface area contributed by atoms with Crippen LogP contribution in [0.2, 0.25) is 0 Å². The SMILES string of the molecule is Cc1cc(Nc2ncc3cnn(S(=O)(=O)c4cccc5cccnc45)c3n2)ccc1N1CCOCC1. The number of pyridine rings is 1. The maximum atomic E-state index is 13.6. The fourth-order valence-electron chi connectivity index (χ4n) is 4.43. The Morgan fingerprint density at radius 2 is 1.81 bits per heavy atom. The number of morpholine rings is 1. The number of aromatic nitrogens is 5. The summed E-state index contributed by atoms with van der Waals surface area (Å²) in [7, 11) is -4.05. The number of fused-ring (bicyclic) bond motifs is 2. The first kappa shape index (κ1) is 22.4. The van der Waals surface area contributed by atoms with Gasteiger partial charge in [-0.1, -0.05) is 18.2 Å². The zero-order valence-corrected chi connectivity index (χ0v) is 20.3. The van der Waals surface area contributed by atoms with Gasteiger partial charge in [0, 0.05) is 42.2 Å². The average molecular weight is 502 g/mol. The maximum Gasteiger partial charge on any atom is 0.287 e. The summed E-state index contributed by atoms with van der Waals surface area (Å²) in [5.74, 6) is 0.272. The normalized spacial score (nSPS) is 14.4. The van der Waals surface area contributed by atoms with Gasteiger partial charge in [-0.15, -0.1) is 4.09 Å². The molecule has 0 amide bonds. The summed E-state index contributed by atoms with van der Waals surface area (Å²) in [6, 6.07) is 14.7. The number of aryl methyl sites for hydroxylation is 1. The van der Waals surface area contributed by atoms with E-state index in [1.54, 1.807) is 24.5 Å². The summed E-state index contributed by atoms with van der Waals surface area (Å²) in [4.78, 5) is 15.5. The van der Waals surface area contributed by atoms with E-state index in [9.17, 15) is 8.42 Å². The van der Waals surface area contributed by atoms with Crippen LogP contribution in [-0.2, 0) is 14.8 Å². The van der Waals surface area contributed by atoms with Crippen LogP contribution in [0.25, 0.3) is 21.9 Å². The van der Waals surface area contributed by atoms with E-state index >= 15 is 0 Å². The van der Waals surface area contributed by atoms with Crippen molar-refractivity contribution >= 4 is 49.3 Å². The number of ether oxygens (including phenoxy) is 1. The lowest BCUT2D eigenvalue weighted by Crippen LogP contribution is -2.36. The standard InChI is InChI=1S/C25H23N7O3S/c1-17-14-20(7-8-21(17)31-10-12-35-13-11-31)29-25-27-15-19-16-28-32(24(19)30-25)36(33,34)22-6-2-4-18-5-3-9-26-23(18)22/h2-9,14-16H,10-13H2,1H3,(H,27,29,30). The molecule has 182 valence electrons. The number of nitrogens with one attached hydrogen (secondary N) is 1. The highest BCUT2D eigenvalue weighted by atomic mass is 32.2. The molecule has 11 heteroatoms. The summed E-state index contributed by atoms with van der Waals surface area (Å²) >= 11 is 0. The first-order chi connectivity index (χ1) is 17.5. The molecular weight excluding hydrogens is 478 g/mol. The van der Waals surface area contributed by atoms with Crippen molar-refractivity contribution in [1.29, 1.82) is 0 Å². The Bertz CT molecular complexity index is 1690. The van der Waals surface area contributed by atoms with Crippen molar-refractivity contribution in [3.05, 3.63) is 72.7 Å². The van der Waals surface area contributed by atoms with Gasteiger partial charge >= 0.3 is 0 Å². The number of hydrogen-bond acceptors (Lipinski definition) is 9. The van der Waals surface area contributed by atoms with Crippen LogP contribution in [0.5, 0.6) is 0 Å². The predicted octanol–water partition coefficient (Wildman–Crippen LogP) is 3.50. The molecule has 0 unspecified atom stereocenters. The lowest BCUT2D eigenvalue weighted by Gasteiger charge is -2.30. The van der Waals surface area contributed by atoms with Crippen molar-refractivity contribution in [1.82, 2.24) is 24.1 Å². The second kappa shape index (κ2) is 8.85. The third-order valence-corrected chi connectivity index (χ3v) is 7.79. The summed E-state index contributed by atoms with van der Waals surface area (Å²) in [5, 5.41) is 8.56. The van der Waals surface area contributed by atoms with Gasteiger partial charge in [-0.05, 0) is 42.8 Å². The van der Waals surface area contributed by atoms with E-state index in [1.165, 1.54) is 12.3 Å². The molecule has 3 aromatic heterocycles. The molecule has 0 spiro atoms. The highest BCUT2D eigenvalue weighted by Crippen LogP contribution is 2.27. The van der Waals surface area contributed by atoms with Gasteiger partial charge in [0.2, 0.25) is 5.95 Å². The van der Waals surface area contributed by atoms with Gasteiger partial charge in [0.1, 0.15) is 4.90 Å². The second-order valence-electron chi connectivity index (χ2n) is 8.52. The van der Waals surface area contributed by atoms with Gasteiger partial charge in [-0.2, -0.15) is 18.5 Å². The Hall–Kier alpha value is -4.09. The molecule has 1 saturated heterocycles. The number of para-hydroxylation sites is 1. The Labute approximate surface area is 207 Å². The molecule has 5 aromatic rings. The molecule has 0 radical (unpaired) electrons. The van der Waals surface area contributed by atoms with Crippen molar-refractivity contribution < 1.29 is 13.2 Å². The zero-order valence-electron chi connectivity index (χ0n) is 19.5. The topological polar surface area (TPSA) is 115 Å². The first-order valence-electron chi connectivity index (χ1n) is 11.5. The molecule has 36 heavy (non-hydrogen) atoms. The molecule has 10 nitrogen and oxygen atoms in total. The summed E-state index contributed by atoms with van der Waals surface area (Å²) < 4.78 is 33.6. The van der Waals surface area contributed by atoms with E-state index in [-0.39, 0.29) is 16.5 Å². The molecular formula is C25H23N7O3S. The van der Waals surface area contributed by atoms with E-state index in [1.807, 2.05) is 24.3 Å². The lowest BCUT2D eigenvalue weighted by molar-refractivity contribution is 0.122. The minimum absolute atomic E-state index is 0.0630. The third-order valence-electron chi connectivity index (χ3n) is 6.18. The third kappa shape index (κ3) is 3.91. The van der Waals surface area contributed by atoms with Crippen LogP contribution in [0.1, 0.15) is 5.56 Å². The van der Waals surface area contributed by atoms with Crippen LogP contribution >= 0.6 is 0 Å². The quantitative estimate of drug-likeness (QED) is 0.386. The molecule has 0 saturated carbocycles. The minimum atomic E-state index is -4.05. The van der Waals surface area contributed by atoms with E-state index in [0.717, 1.165) is 52.7 Å². The van der Waals surface area contributed by atoms with Gasteiger partial charge in [-0.25, -0.2) is 4.98 Å². The van der Waals surface area contributed by atoms with Gasteiger partial charge in [0.15, 0.2) is 5.65 Å². The molecule has 1 aliphatic rings. The van der Waals surface area contributed by atoms with Crippen LogP contribution in [0.4, 0.5) is 17.3 Å².